The summed E-state index contributed by atoms with van der Waals surface area (Å²) in [5, 5.41) is 10.6. The number of carbonyl (C=O) groups excluding carboxylic acids is 1. The molecule has 0 saturated carbocycles. The summed E-state index contributed by atoms with van der Waals surface area (Å²) in [5.74, 6) is -0.415. The molecule has 33 heavy (non-hydrogen) atoms. The number of aromatic nitrogens is 2. The van der Waals surface area contributed by atoms with Gasteiger partial charge < -0.3 is 15.0 Å². The summed E-state index contributed by atoms with van der Waals surface area (Å²) < 4.78 is 32.9. The van der Waals surface area contributed by atoms with Crippen LogP contribution < -0.4 is 10.2 Å². The predicted molar refractivity (Wildman–Crippen MR) is 128 cm³/mol. The molecule has 0 aliphatic carbocycles. The Kier molecular flexibility index (Phi) is 6.42. The maximum Gasteiger partial charge on any atom is 0.245 e. The number of sulfonamides is 1. The van der Waals surface area contributed by atoms with Crippen molar-refractivity contribution >= 4 is 38.2 Å². The zero-order chi connectivity index (χ0) is 23.8. The SMILES string of the molecule is Cc1cc(S(=O)(=O)N(C)CC(=O)Nc2ccc(N3CCOCC3)c(C)c2)c2n[nH]c(C)c2c1. The normalized spacial score (nSPS) is 14.8. The highest BCUT2D eigenvalue weighted by Gasteiger charge is 2.27. The van der Waals surface area contributed by atoms with E-state index >= 15 is 0 Å². The van der Waals surface area contributed by atoms with Crippen molar-refractivity contribution in [2.75, 3.05) is 50.1 Å². The molecule has 1 aliphatic rings. The monoisotopic (exact) mass is 471 g/mol. The number of ether oxygens (including phenoxy) is 1. The summed E-state index contributed by atoms with van der Waals surface area (Å²) in [6, 6.07) is 9.18. The van der Waals surface area contributed by atoms with Crippen LogP contribution in [-0.4, -0.2) is 68.7 Å². The molecule has 3 aromatic rings. The molecule has 0 bridgehead atoms. The molecular weight excluding hydrogens is 442 g/mol. The Balaban J connectivity index is 1.48. The number of aromatic amines is 1. The van der Waals surface area contributed by atoms with Crippen molar-refractivity contribution in [2.24, 2.45) is 0 Å². The third-order valence-electron chi connectivity index (χ3n) is 5.85. The van der Waals surface area contributed by atoms with Crippen molar-refractivity contribution in [3.8, 4) is 0 Å². The van der Waals surface area contributed by atoms with E-state index in [1.165, 1.54) is 7.05 Å². The molecule has 0 radical (unpaired) electrons. The quantitative estimate of drug-likeness (QED) is 0.572. The topological polar surface area (TPSA) is 108 Å². The van der Waals surface area contributed by atoms with Crippen LogP contribution in [0.2, 0.25) is 0 Å². The summed E-state index contributed by atoms with van der Waals surface area (Å²) in [6.45, 7) is 8.41. The third kappa shape index (κ3) is 4.73. The van der Waals surface area contributed by atoms with Crippen LogP contribution in [0.15, 0.2) is 35.2 Å². The van der Waals surface area contributed by atoms with Gasteiger partial charge in [-0.25, -0.2) is 8.42 Å². The fourth-order valence-electron chi connectivity index (χ4n) is 4.09. The Labute approximate surface area is 193 Å². The van der Waals surface area contributed by atoms with Gasteiger partial charge in [0.05, 0.1) is 19.8 Å². The highest BCUT2D eigenvalue weighted by molar-refractivity contribution is 7.89. The van der Waals surface area contributed by atoms with Crippen molar-refractivity contribution in [1.82, 2.24) is 14.5 Å². The van der Waals surface area contributed by atoms with Crippen LogP contribution in [0.25, 0.3) is 10.9 Å². The number of hydrogen-bond donors (Lipinski definition) is 2. The standard InChI is InChI=1S/C23H29N5O4S/c1-15-11-19-17(3)25-26-23(19)21(12-15)33(30,31)27(4)14-22(29)24-18-5-6-20(16(2)13-18)28-7-9-32-10-8-28/h5-6,11-13H,7-10,14H2,1-4H3,(H,24,29)(H,25,26). The van der Waals surface area contributed by atoms with Gasteiger partial charge in [-0.2, -0.15) is 9.40 Å². The molecule has 2 N–H and O–H groups in total. The Morgan fingerprint density at radius 1 is 1.18 bits per heavy atom. The number of benzene rings is 2. The van der Waals surface area contributed by atoms with E-state index in [1.54, 1.807) is 6.07 Å². The van der Waals surface area contributed by atoms with Gasteiger partial charge in [0.2, 0.25) is 15.9 Å². The Hall–Kier alpha value is -2.95. The third-order valence-corrected chi connectivity index (χ3v) is 7.66. The van der Waals surface area contributed by atoms with Crippen molar-refractivity contribution in [1.29, 1.82) is 0 Å². The summed E-state index contributed by atoms with van der Waals surface area (Å²) in [6.07, 6.45) is 0. The van der Waals surface area contributed by atoms with E-state index in [-0.39, 0.29) is 11.4 Å². The molecule has 1 fully saturated rings. The number of carbonyl (C=O) groups is 1. The average molecular weight is 472 g/mol. The molecule has 0 spiro atoms. The first-order valence-electron chi connectivity index (χ1n) is 10.8. The number of amides is 1. The van der Waals surface area contributed by atoms with Gasteiger partial charge in [-0.15, -0.1) is 0 Å². The number of nitrogens with zero attached hydrogens (tertiary/aromatic N) is 3. The maximum atomic E-state index is 13.2. The van der Waals surface area contributed by atoms with Gasteiger partial charge in [0.15, 0.2) is 0 Å². The molecule has 0 unspecified atom stereocenters. The molecule has 2 aromatic carbocycles. The Bertz CT molecular complexity index is 1300. The number of rotatable bonds is 6. The van der Waals surface area contributed by atoms with Crippen molar-refractivity contribution < 1.29 is 17.9 Å². The Morgan fingerprint density at radius 3 is 2.61 bits per heavy atom. The molecule has 9 nitrogen and oxygen atoms in total. The summed E-state index contributed by atoms with van der Waals surface area (Å²) >= 11 is 0. The minimum atomic E-state index is -3.92. The van der Waals surface area contributed by atoms with E-state index < -0.39 is 15.9 Å². The van der Waals surface area contributed by atoms with Crippen LogP contribution in [0, 0.1) is 20.8 Å². The summed E-state index contributed by atoms with van der Waals surface area (Å²) in [5.41, 5.74) is 4.74. The molecule has 1 amide bonds. The van der Waals surface area contributed by atoms with Crippen molar-refractivity contribution in [2.45, 2.75) is 25.7 Å². The fraction of sp³-hybridized carbons (Fsp3) is 0.391. The van der Waals surface area contributed by atoms with E-state index in [0.29, 0.717) is 24.4 Å². The zero-order valence-electron chi connectivity index (χ0n) is 19.3. The second-order valence-corrected chi connectivity index (χ2v) is 10.4. The molecule has 0 atom stereocenters. The molecule has 1 aliphatic heterocycles. The van der Waals surface area contributed by atoms with Gasteiger partial charge in [-0.1, -0.05) is 0 Å². The van der Waals surface area contributed by atoms with Crippen LogP contribution in [-0.2, 0) is 19.6 Å². The van der Waals surface area contributed by atoms with Gasteiger partial charge in [-0.05, 0) is 62.2 Å². The zero-order valence-corrected chi connectivity index (χ0v) is 20.1. The van der Waals surface area contributed by atoms with Crippen LogP contribution in [0.5, 0.6) is 0 Å². The van der Waals surface area contributed by atoms with E-state index in [9.17, 15) is 13.2 Å². The highest BCUT2D eigenvalue weighted by atomic mass is 32.2. The van der Waals surface area contributed by atoms with Crippen molar-refractivity contribution in [3.63, 3.8) is 0 Å². The average Bonchev–Trinajstić information content (AvgIpc) is 3.14. The first-order valence-corrected chi connectivity index (χ1v) is 12.3. The number of nitrogens with one attached hydrogen (secondary N) is 2. The molecular formula is C23H29N5O4S. The predicted octanol–water partition coefficient (Wildman–Crippen LogP) is 2.58. The largest absolute Gasteiger partial charge is 0.378 e. The lowest BCUT2D eigenvalue weighted by Crippen LogP contribution is -2.36. The highest BCUT2D eigenvalue weighted by Crippen LogP contribution is 2.28. The van der Waals surface area contributed by atoms with Gasteiger partial charge in [0.25, 0.3) is 0 Å². The lowest BCUT2D eigenvalue weighted by molar-refractivity contribution is -0.116. The molecule has 1 aromatic heterocycles. The second-order valence-electron chi connectivity index (χ2n) is 8.42. The first kappa shape index (κ1) is 23.2. The van der Waals surface area contributed by atoms with Crippen LogP contribution in [0.1, 0.15) is 16.8 Å². The minimum Gasteiger partial charge on any atom is -0.378 e. The smallest absolute Gasteiger partial charge is 0.245 e. The van der Waals surface area contributed by atoms with Gasteiger partial charge in [0, 0.05) is 42.6 Å². The van der Waals surface area contributed by atoms with Gasteiger partial charge in [0.1, 0.15) is 10.4 Å². The second kappa shape index (κ2) is 9.12. The molecule has 2 heterocycles. The summed E-state index contributed by atoms with van der Waals surface area (Å²) in [7, 11) is -2.52. The van der Waals surface area contributed by atoms with Crippen LogP contribution in [0.4, 0.5) is 11.4 Å². The number of morpholine rings is 1. The van der Waals surface area contributed by atoms with Crippen LogP contribution in [0.3, 0.4) is 0 Å². The fourth-order valence-corrected chi connectivity index (χ4v) is 5.45. The van der Waals surface area contributed by atoms with Crippen molar-refractivity contribution in [3.05, 3.63) is 47.2 Å². The summed E-state index contributed by atoms with van der Waals surface area (Å²) in [4.78, 5) is 15.0. The molecule has 176 valence electrons. The lowest BCUT2D eigenvalue weighted by Gasteiger charge is -2.30. The number of likely N-dealkylation sites (N-methyl/N-ethyl adjacent to an activating group) is 1. The molecule has 1 saturated heterocycles. The Morgan fingerprint density at radius 2 is 1.91 bits per heavy atom. The number of fused-ring (bicyclic) bond motifs is 1. The maximum absolute atomic E-state index is 13.2. The van der Waals surface area contributed by atoms with Crippen LogP contribution >= 0.6 is 0 Å². The van der Waals surface area contributed by atoms with E-state index in [2.05, 4.69) is 20.4 Å². The van der Waals surface area contributed by atoms with E-state index in [1.807, 2.05) is 45.0 Å². The van der Waals surface area contributed by atoms with Gasteiger partial charge >= 0.3 is 0 Å². The van der Waals surface area contributed by atoms with Gasteiger partial charge in [-0.3, -0.25) is 9.89 Å². The lowest BCUT2D eigenvalue weighted by atomic mass is 10.1. The molecule has 10 heteroatoms. The minimum absolute atomic E-state index is 0.0860. The number of anilines is 2. The van der Waals surface area contributed by atoms with E-state index in [0.717, 1.165) is 45.3 Å². The first-order chi connectivity index (χ1) is 15.7. The van der Waals surface area contributed by atoms with E-state index in [4.69, 9.17) is 4.74 Å². The number of aryl methyl sites for hydroxylation is 3. The molecule has 4 rings (SSSR count). The number of H-pyrrole nitrogens is 1. The number of hydrogen-bond acceptors (Lipinski definition) is 6.